The summed E-state index contributed by atoms with van der Waals surface area (Å²) in [6, 6.07) is 14.9. The molecule has 0 radical (unpaired) electrons. The largest absolute Gasteiger partial charge is 0.463 e. The minimum atomic E-state index is 0.633. The van der Waals surface area contributed by atoms with Crippen molar-refractivity contribution >= 4 is 11.6 Å². The Hall–Kier alpha value is -2.72. The van der Waals surface area contributed by atoms with Crippen molar-refractivity contribution in [1.29, 1.82) is 0 Å². The average molecular weight is 311 g/mol. The SMILES string of the molecule is Clc1ccccc1-c1nc(-c2ccco2)c(-c2ccco2)[nH]1. The molecule has 1 aromatic carbocycles. The zero-order valence-corrected chi connectivity index (χ0v) is 12.2. The quantitative estimate of drug-likeness (QED) is 0.562. The second kappa shape index (κ2) is 5.24. The van der Waals surface area contributed by atoms with E-state index in [2.05, 4.69) is 9.97 Å². The van der Waals surface area contributed by atoms with Crippen molar-refractivity contribution in [3.63, 3.8) is 0 Å². The van der Waals surface area contributed by atoms with Crippen LogP contribution in [0.4, 0.5) is 0 Å². The van der Waals surface area contributed by atoms with Gasteiger partial charge in [0.05, 0.1) is 17.5 Å². The van der Waals surface area contributed by atoms with E-state index in [-0.39, 0.29) is 0 Å². The molecule has 0 aliphatic rings. The van der Waals surface area contributed by atoms with Gasteiger partial charge in [-0.1, -0.05) is 23.7 Å². The summed E-state index contributed by atoms with van der Waals surface area (Å²) in [6.07, 6.45) is 3.24. The van der Waals surface area contributed by atoms with Crippen LogP contribution >= 0.6 is 11.6 Å². The van der Waals surface area contributed by atoms with Gasteiger partial charge >= 0.3 is 0 Å². The number of aromatic amines is 1. The summed E-state index contributed by atoms with van der Waals surface area (Å²) in [6.45, 7) is 0. The Kier molecular flexibility index (Phi) is 3.09. The summed E-state index contributed by atoms with van der Waals surface area (Å²) >= 11 is 6.26. The lowest BCUT2D eigenvalue weighted by molar-refractivity contribution is 0.573. The van der Waals surface area contributed by atoms with Crippen LogP contribution in [0.1, 0.15) is 0 Å². The number of hydrogen-bond donors (Lipinski definition) is 1. The molecule has 3 heterocycles. The molecule has 0 spiro atoms. The first-order chi connectivity index (χ1) is 10.8. The topological polar surface area (TPSA) is 55.0 Å². The molecule has 0 amide bonds. The number of aromatic nitrogens is 2. The maximum Gasteiger partial charge on any atom is 0.154 e. The van der Waals surface area contributed by atoms with E-state index in [1.54, 1.807) is 12.5 Å². The van der Waals surface area contributed by atoms with Crippen LogP contribution in [0, 0.1) is 0 Å². The van der Waals surface area contributed by atoms with Crippen molar-refractivity contribution in [1.82, 2.24) is 9.97 Å². The lowest BCUT2D eigenvalue weighted by atomic mass is 10.2. The highest BCUT2D eigenvalue weighted by Gasteiger charge is 2.19. The second-order valence-corrected chi connectivity index (χ2v) is 5.15. The van der Waals surface area contributed by atoms with Gasteiger partial charge in [0.15, 0.2) is 11.5 Å². The highest BCUT2D eigenvalue weighted by Crippen LogP contribution is 2.35. The number of nitrogens with zero attached hydrogens (tertiary/aromatic N) is 1. The van der Waals surface area contributed by atoms with E-state index in [9.17, 15) is 0 Å². The van der Waals surface area contributed by atoms with E-state index in [1.165, 1.54) is 0 Å². The Morgan fingerprint density at radius 1 is 0.864 bits per heavy atom. The highest BCUT2D eigenvalue weighted by atomic mass is 35.5. The molecule has 0 bridgehead atoms. The molecule has 0 saturated heterocycles. The fraction of sp³-hybridized carbons (Fsp3) is 0. The molecule has 1 N–H and O–H groups in total. The van der Waals surface area contributed by atoms with Gasteiger partial charge in [-0.15, -0.1) is 0 Å². The molecule has 4 nitrogen and oxygen atoms in total. The number of imidazole rings is 1. The van der Waals surface area contributed by atoms with Gasteiger partial charge in [0.25, 0.3) is 0 Å². The Morgan fingerprint density at radius 2 is 1.59 bits per heavy atom. The normalized spacial score (nSPS) is 11.0. The first-order valence-corrected chi connectivity index (χ1v) is 7.13. The van der Waals surface area contributed by atoms with Crippen molar-refractivity contribution in [3.8, 4) is 34.3 Å². The Balaban J connectivity index is 1.93. The van der Waals surface area contributed by atoms with Crippen LogP contribution in [0.3, 0.4) is 0 Å². The molecule has 0 fully saturated rings. The van der Waals surface area contributed by atoms with Crippen molar-refractivity contribution < 1.29 is 8.83 Å². The van der Waals surface area contributed by atoms with Crippen molar-refractivity contribution in [2.45, 2.75) is 0 Å². The van der Waals surface area contributed by atoms with E-state index >= 15 is 0 Å². The van der Waals surface area contributed by atoms with Crippen molar-refractivity contribution in [2.24, 2.45) is 0 Å². The van der Waals surface area contributed by atoms with Gasteiger partial charge in [-0.05, 0) is 36.4 Å². The molecule has 5 heteroatoms. The minimum absolute atomic E-state index is 0.633. The number of halogens is 1. The summed E-state index contributed by atoms with van der Waals surface area (Å²) in [5.74, 6) is 2.03. The summed E-state index contributed by atoms with van der Waals surface area (Å²) < 4.78 is 11.0. The molecular weight excluding hydrogens is 300 g/mol. The third-order valence-electron chi connectivity index (χ3n) is 3.35. The number of hydrogen-bond acceptors (Lipinski definition) is 3. The maximum atomic E-state index is 6.26. The molecule has 0 unspecified atom stereocenters. The molecule has 108 valence electrons. The van der Waals surface area contributed by atoms with E-state index in [1.807, 2.05) is 48.5 Å². The van der Waals surface area contributed by atoms with Gasteiger partial charge in [-0.3, -0.25) is 0 Å². The first-order valence-electron chi connectivity index (χ1n) is 6.75. The standard InChI is InChI=1S/C17H11ClN2O2/c18-12-6-2-1-5-11(12)17-19-15(13-7-3-9-21-13)16(20-17)14-8-4-10-22-14/h1-10H,(H,19,20). The number of furan rings is 2. The fourth-order valence-corrected chi connectivity index (χ4v) is 2.57. The number of nitrogens with one attached hydrogen (secondary N) is 1. The van der Waals surface area contributed by atoms with Gasteiger partial charge < -0.3 is 13.8 Å². The number of benzene rings is 1. The Bertz CT molecular complexity index is 841. The second-order valence-electron chi connectivity index (χ2n) is 4.74. The van der Waals surface area contributed by atoms with Gasteiger partial charge in [0, 0.05) is 5.56 Å². The third-order valence-corrected chi connectivity index (χ3v) is 3.68. The van der Waals surface area contributed by atoms with Crippen LogP contribution in [0.15, 0.2) is 69.9 Å². The van der Waals surface area contributed by atoms with Crippen LogP contribution < -0.4 is 0 Å². The van der Waals surface area contributed by atoms with Crippen LogP contribution in [0.2, 0.25) is 5.02 Å². The fourth-order valence-electron chi connectivity index (χ4n) is 2.34. The van der Waals surface area contributed by atoms with Gasteiger partial charge in [-0.2, -0.15) is 0 Å². The molecule has 4 rings (SSSR count). The molecule has 22 heavy (non-hydrogen) atoms. The molecule has 0 saturated carbocycles. The van der Waals surface area contributed by atoms with E-state index in [0.717, 1.165) is 11.3 Å². The molecule has 0 atom stereocenters. The van der Waals surface area contributed by atoms with E-state index < -0.39 is 0 Å². The van der Waals surface area contributed by atoms with Crippen LogP contribution in [0.5, 0.6) is 0 Å². The van der Waals surface area contributed by atoms with Gasteiger partial charge in [0.2, 0.25) is 0 Å². The zero-order chi connectivity index (χ0) is 14.9. The van der Waals surface area contributed by atoms with Crippen LogP contribution in [-0.2, 0) is 0 Å². The molecule has 0 aliphatic heterocycles. The highest BCUT2D eigenvalue weighted by molar-refractivity contribution is 6.33. The summed E-state index contributed by atoms with van der Waals surface area (Å²) in [5, 5.41) is 0.633. The van der Waals surface area contributed by atoms with E-state index in [0.29, 0.717) is 28.1 Å². The zero-order valence-electron chi connectivity index (χ0n) is 11.4. The average Bonchev–Trinajstić information content (AvgIpc) is 3.27. The smallest absolute Gasteiger partial charge is 0.154 e. The molecule has 3 aromatic heterocycles. The predicted molar refractivity (Wildman–Crippen MR) is 84.4 cm³/mol. The van der Waals surface area contributed by atoms with Crippen LogP contribution in [-0.4, -0.2) is 9.97 Å². The monoisotopic (exact) mass is 310 g/mol. The van der Waals surface area contributed by atoms with Gasteiger partial charge in [-0.25, -0.2) is 4.98 Å². The number of rotatable bonds is 3. The lowest BCUT2D eigenvalue weighted by Crippen LogP contribution is -1.81. The third kappa shape index (κ3) is 2.14. The molecular formula is C17H11ClN2O2. The summed E-state index contributed by atoms with van der Waals surface area (Å²) in [4.78, 5) is 7.93. The first kappa shape index (κ1) is 13.0. The minimum Gasteiger partial charge on any atom is -0.463 e. The van der Waals surface area contributed by atoms with Crippen molar-refractivity contribution in [2.75, 3.05) is 0 Å². The maximum absolute atomic E-state index is 6.26. The molecule has 4 aromatic rings. The van der Waals surface area contributed by atoms with E-state index in [4.69, 9.17) is 20.4 Å². The number of H-pyrrole nitrogens is 1. The summed E-state index contributed by atoms with van der Waals surface area (Å²) in [5.41, 5.74) is 2.28. The van der Waals surface area contributed by atoms with Crippen LogP contribution in [0.25, 0.3) is 34.3 Å². The van der Waals surface area contributed by atoms with Crippen molar-refractivity contribution in [3.05, 3.63) is 66.1 Å². The lowest BCUT2D eigenvalue weighted by Gasteiger charge is -1.98. The Morgan fingerprint density at radius 3 is 2.27 bits per heavy atom. The molecule has 0 aliphatic carbocycles. The summed E-state index contributed by atoms with van der Waals surface area (Å²) in [7, 11) is 0. The Labute approximate surface area is 131 Å². The predicted octanol–water partition coefficient (Wildman–Crippen LogP) is 5.25. The van der Waals surface area contributed by atoms with Gasteiger partial charge in [0.1, 0.15) is 17.2 Å².